The molecule has 0 unspecified atom stereocenters. The largest absolute Gasteiger partial charge is 0.294 e. The zero-order chi connectivity index (χ0) is 14.1. The standard InChI is InChI=1S/C12H9F2N5S/c1-20-10-2-3-15-12(18-10)8-4-17-9-5-16-7(11(13)14)6-19(8)9/h2-6,11H,1H3. The first-order valence-corrected chi connectivity index (χ1v) is 6.90. The average molecular weight is 293 g/mol. The predicted octanol–water partition coefficient (Wildman–Crippen LogP) is 2.85. The van der Waals surface area contributed by atoms with Crippen LogP contribution in [0.4, 0.5) is 8.78 Å². The summed E-state index contributed by atoms with van der Waals surface area (Å²) in [7, 11) is 0. The van der Waals surface area contributed by atoms with Gasteiger partial charge < -0.3 is 0 Å². The van der Waals surface area contributed by atoms with Crippen LogP contribution in [-0.2, 0) is 0 Å². The molecule has 3 heterocycles. The van der Waals surface area contributed by atoms with Gasteiger partial charge in [0.1, 0.15) is 11.4 Å². The third kappa shape index (κ3) is 2.22. The minimum atomic E-state index is -2.63. The van der Waals surface area contributed by atoms with Crippen LogP contribution in [0.3, 0.4) is 0 Å². The van der Waals surface area contributed by atoms with E-state index in [2.05, 4.69) is 19.9 Å². The number of fused-ring (bicyclic) bond motifs is 1. The molecule has 0 spiro atoms. The fourth-order valence-corrected chi connectivity index (χ4v) is 2.14. The van der Waals surface area contributed by atoms with Gasteiger partial charge in [-0.05, 0) is 12.3 Å². The van der Waals surface area contributed by atoms with Crippen LogP contribution >= 0.6 is 11.8 Å². The summed E-state index contributed by atoms with van der Waals surface area (Å²) >= 11 is 1.48. The summed E-state index contributed by atoms with van der Waals surface area (Å²) in [6.45, 7) is 0. The van der Waals surface area contributed by atoms with Crippen molar-refractivity contribution in [2.24, 2.45) is 0 Å². The second kappa shape index (κ2) is 5.12. The van der Waals surface area contributed by atoms with Crippen molar-refractivity contribution in [3.05, 3.63) is 36.5 Å². The maximum Gasteiger partial charge on any atom is 0.281 e. The van der Waals surface area contributed by atoms with E-state index in [0.29, 0.717) is 17.2 Å². The quantitative estimate of drug-likeness (QED) is 0.549. The van der Waals surface area contributed by atoms with Crippen molar-refractivity contribution in [1.82, 2.24) is 24.3 Å². The van der Waals surface area contributed by atoms with Gasteiger partial charge in [0, 0.05) is 12.4 Å². The topological polar surface area (TPSA) is 56.0 Å². The fourth-order valence-electron chi connectivity index (χ4n) is 1.76. The van der Waals surface area contributed by atoms with Gasteiger partial charge in [-0.15, -0.1) is 11.8 Å². The Morgan fingerprint density at radius 1 is 1.20 bits per heavy atom. The van der Waals surface area contributed by atoms with E-state index >= 15 is 0 Å². The number of hydrogen-bond donors (Lipinski definition) is 0. The van der Waals surface area contributed by atoms with E-state index in [1.165, 1.54) is 28.6 Å². The maximum absolute atomic E-state index is 12.7. The summed E-state index contributed by atoms with van der Waals surface area (Å²) in [6, 6.07) is 1.78. The molecule has 0 aromatic carbocycles. The average Bonchev–Trinajstić information content (AvgIpc) is 2.90. The molecule has 102 valence electrons. The molecule has 3 rings (SSSR count). The molecule has 0 N–H and O–H groups in total. The van der Waals surface area contributed by atoms with Crippen LogP contribution in [0.5, 0.6) is 0 Å². The SMILES string of the molecule is CSc1ccnc(-c2cnc3cnc(C(F)F)cn23)n1. The Labute approximate surface area is 117 Å². The van der Waals surface area contributed by atoms with Crippen LogP contribution in [0.1, 0.15) is 12.1 Å². The lowest BCUT2D eigenvalue weighted by molar-refractivity contribution is 0.145. The molecule has 0 radical (unpaired) electrons. The van der Waals surface area contributed by atoms with Crippen molar-refractivity contribution in [1.29, 1.82) is 0 Å². The van der Waals surface area contributed by atoms with Crippen LogP contribution < -0.4 is 0 Å². The van der Waals surface area contributed by atoms with E-state index in [4.69, 9.17) is 0 Å². The van der Waals surface area contributed by atoms with Gasteiger partial charge in [0.15, 0.2) is 11.5 Å². The zero-order valence-corrected chi connectivity index (χ0v) is 11.2. The van der Waals surface area contributed by atoms with Crippen LogP contribution in [-0.4, -0.2) is 30.6 Å². The zero-order valence-electron chi connectivity index (χ0n) is 10.4. The second-order valence-corrected chi connectivity index (χ2v) is 4.73. The number of rotatable bonds is 3. The van der Waals surface area contributed by atoms with Crippen LogP contribution in [0, 0.1) is 0 Å². The van der Waals surface area contributed by atoms with Gasteiger partial charge in [-0.1, -0.05) is 0 Å². The van der Waals surface area contributed by atoms with Crippen molar-refractivity contribution < 1.29 is 8.78 Å². The third-order valence-electron chi connectivity index (χ3n) is 2.71. The van der Waals surface area contributed by atoms with Gasteiger partial charge in [0.2, 0.25) is 0 Å². The number of aromatic nitrogens is 5. The van der Waals surface area contributed by atoms with Crippen LogP contribution in [0.15, 0.2) is 35.9 Å². The molecule has 8 heteroatoms. The minimum absolute atomic E-state index is 0.308. The van der Waals surface area contributed by atoms with Gasteiger partial charge in [-0.25, -0.2) is 28.7 Å². The Hall–Kier alpha value is -2.09. The summed E-state index contributed by atoms with van der Waals surface area (Å²) in [5, 5.41) is 0.799. The molecule has 0 aliphatic heterocycles. The number of alkyl halides is 2. The Morgan fingerprint density at radius 3 is 2.80 bits per heavy atom. The fraction of sp³-hybridized carbons (Fsp3) is 0.167. The molecule has 3 aromatic rings. The summed E-state index contributed by atoms with van der Waals surface area (Å²) in [5.41, 5.74) is 0.723. The number of nitrogens with zero attached hydrogens (tertiary/aromatic N) is 5. The molecular formula is C12H9F2N5S. The lowest BCUT2D eigenvalue weighted by Crippen LogP contribution is -1.98. The van der Waals surface area contributed by atoms with Crippen molar-refractivity contribution in [3.8, 4) is 11.5 Å². The van der Waals surface area contributed by atoms with Crippen molar-refractivity contribution >= 4 is 17.4 Å². The van der Waals surface area contributed by atoms with E-state index in [1.807, 2.05) is 6.26 Å². The predicted molar refractivity (Wildman–Crippen MR) is 70.8 cm³/mol. The number of hydrogen-bond acceptors (Lipinski definition) is 5. The molecule has 0 saturated carbocycles. The smallest absolute Gasteiger partial charge is 0.281 e. The number of halogens is 2. The summed E-state index contributed by atoms with van der Waals surface area (Å²) in [4.78, 5) is 16.3. The maximum atomic E-state index is 12.7. The molecule has 3 aromatic heterocycles. The van der Waals surface area contributed by atoms with E-state index < -0.39 is 6.43 Å². The normalized spacial score (nSPS) is 11.4. The summed E-state index contributed by atoms with van der Waals surface area (Å²) < 4.78 is 27.0. The number of thioether (sulfide) groups is 1. The van der Waals surface area contributed by atoms with Crippen molar-refractivity contribution in [2.75, 3.05) is 6.26 Å². The van der Waals surface area contributed by atoms with Crippen molar-refractivity contribution in [2.45, 2.75) is 11.5 Å². The Morgan fingerprint density at radius 2 is 2.05 bits per heavy atom. The molecule has 0 fully saturated rings. The van der Waals surface area contributed by atoms with Gasteiger partial charge in [0.05, 0.1) is 17.4 Å². The highest BCUT2D eigenvalue weighted by molar-refractivity contribution is 7.98. The Balaban J connectivity index is 2.17. The highest BCUT2D eigenvalue weighted by atomic mass is 32.2. The molecule has 0 atom stereocenters. The molecule has 0 amide bonds. The van der Waals surface area contributed by atoms with E-state index in [1.54, 1.807) is 18.5 Å². The molecular weight excluding hydrogens is 284 g/mol. The molecule has 0 saturated heterocycles. The molecule has 0 aliphatic carbocycles. The van der Waals surface area contributed by atoms with Crippen molar-refractivity contribution in [3.63, 3.8) is 0 Å². The van der Waals surface area contributed by atoms with Gasteiger partial charge in [-0.2, -0.15) is 0 Å². The lowest BCUT2D eigenvalue weighted by Gasteiger charge is -2.04. The summed E-state index contributed by atoms with van der Waals surface area (Å²) in [5.74, 6) is 0.441. The first-order chi connectivity index (χ1) is 9.69. The first kappa shape index (κ1) is 12.9. The van der Waals surface area contributed by atoms with Gasteiger partial charge in [0.25, 0.3) is 6.43 Å². The van der Waals surface area contributed by atoms with E-state index in [0.717, 1.165) is 5.03 Å². The molecule has 20 heavy (non-hydrogen) atoms. The highest BCUT2D eigenvalue weighted by Gasteiger charge is 2.14. The Kier molecular flexibility index (Phi) is 3.31. The lowest BCUT2D eigenvalue weighted by atomic mass is 10.4. The summed E-state index contributed by atoms with van der Waals surface area (Å²) in [6.07, 6.45) is 5.02. The molecule has 0 bridgehead atoms. The van der Waals surface area contributed by atoms with E-state index in [-0.39, 0.29) is 5.69 Å². The first-order valence-electron chi connectivity index (χ1n) is 5.67. The van der Waals surface area contributed by atoms with Crippen LogP contribution in [0.2, 0.25) is 0 Å². The third-order valence-corrected chi connectivity index (χ3v) is 3.35. The van der Waals surface area contributed by atoms with E-state index in [9.17, 15) is 8.78 Å². The minimum Gasteiger partial charge on any atom is -0.294 e. The highest BCUT2D eigenvalue weighted by Crippen LogP contribution is 2.22. The molecule has 0 aliphatic rings. The Bertz CT molecular complexity index is 758. The van der Waals surface area contributed by atoms with Crippen LogP contribution in [0.25, 0.3) is 17.2 Å². The monoisotopic (exact) mass is 293 g/mol. The molecule has 5 nitrogen and oxygen atoms in total. The number of imidazole rings is 1. The van der Waals surface area contributed by atoms with Gasteiger partial charge in [-0.3, -0.25) is 4.40 Å². The second-order valence-electron chi connectivity index (χ2n) is 3.91. The van der Waals surface area contributed by atoms with Gasteiger partial charge >= 0.3 is 0 Å².